The van der Waals surface area contributed by atoms with E-state index in [2.05, 4.69) is 14.8 Å². The van der Waals surface area contributed by atoms with Crippen molar-refractivity contribution in [3.8, 4) is 0 Å². The number of hydrogen-bond donors (Lipinski definition) is 0. The molecule has 0 saturated carbocycles. The molecule has 24 heavy (non-hydrogen) atoms. The van der Waals surface area contributed by atoms with Gasteiger partial charge >= 0.3 is 0 Å². The van der Waals surface area contributed by atoms with Gasteiger partial charge in [-0.05, 0) is 37.0 Å². The van der Waals surface area contributed by atoms with Gasteiger partial charge in [-0.15, -0.1) is 0 Å². The highest BCUT2D eigenvalue weighted by molar-refractivity contribution is 5.77. The third kappa shape index (κ3) is 3.22. The Bertz CT molecular complexity index is 671. The van der Waals surface area contributed by atoms with Gasteiger partial charge in [0, 0.05) is 43.9 Å². The first-order chi connectivity index (χ1) is 11.8. The summed E-state index contributed by atoms with van der Waals surface area (Å²) >= 11 is 0. The Labute approximate surface area is 142 Å². The Hall–Kier alpha value is -2.14. The number of carbonyl (C=O) groups is 1. The average Bonchev–Trinajstić information content (AvgIpc) is 3.11. The zero-order chi connectivity index (χ0) is 16.4. The minimum absolute atomic E-state index is 0.283. The maximum atomic E-state index is 12.5. The normalized spacial score (nSPS) is 24.8. The maximum absolute atomic E-state index is 12.5. The van der Waals surface area contributed by atoms with Gasteiger partial charge in [0.05, 0.1) is 24.8 Å². The van der Waals surface area contributed by atoms with Crippen molar-refractivity contribution in [2.45, 2.75) is 38.4 Å². The summed E-state index contributed by atoms with van der Waals surface area (Å²) < 4.78 is 5.17. The Morgan fingerprint density at radius 3 is 2.96 bits per heavy atom. The monoisotopic (exact) mass is 325 g/mol. The first-order valence-electron chi connectivity index (χ1n) is 8.72. The molecule has 2 aromatic rings. The van der Waals surface area contributed by atoms with Crippen molar-refractivity contribution in [2.24, 2.45) is 5.92 Å². The SMILES string of the molecule is O=C1CC[C@@H]2CN(Cc3ccoc3)CC[C@@H]2N1Cc1ccccn1. The summed E-state index contributed by atoms with van der Waals surface area (Å²) in [6, 6.07) is 8.30. The number of carbonyl (C=O) groups excluding carboxylic acids is 1. The third-order valence-electron chi connectivity index (χ3n) is 5.27. The quantitative estimate of drug-likeness (QED) is 0.867. The molecule has 0 N–H and O–H groups in total. The van der Waals surface area contributed by atoms with E-state index in [1.165, 1.54) is 5.56 Å². The molecule has 126 valence electrons. The van der Waals surface area contributed by atoms with Gasteiger partial charge in [0.2, 0.25) is 5.91 Å². The predicted octanol–water partition coefficient (Wildman–Crippen LogP) is 2.69. The van der Waals surface area contributed by atoms with Gasteiger partial charge in [0.1, 0.15) is 0 Å². The van der Waals surface area contributed by atoms with Crippen molar-refractivity contribution < 1.29 is 9.21 Å². The second-order valence-electron chi connectivity index (χ2n) is 6.86. The lowest BCUT2D eigenvalue weighted by atomic mass is 9.83. The van der Waals surface area contributed by atoms with Crippen molar-refractivity contribution >= 4 is 5.91 Å². The number of furan rings is 1. The summed E-state index contributed by atoms with van der Waals surface area (Å²) in [7, 11) is 0. The molecule has 2 aromatic heterocycles. The van der Waals surface area contributed by atoms with Crippen molar-refractivity contribution in [3.05, 3.63) is 54.2 Å². The standard InChI is InChI=1S/C19H23N3O2/c23-19-5-4-16-12-21(11-15-7-10-24-14-15)9-6-18(16)22(19)13-17-3-1-2-8-20-17/h1-3,7-8,10,14,16,18H,4-6,9,11-13H2/t16-,18+/m1/s1. The summed E-state index contributed by atoms with van der Waals surface area (Å²) in [6.45, 7) is 3.66. The van der Waals surface area contributed by atoms with Crippen molar-refractivity contribution in [3.63, 3.8) is 0 Å². The van der Waals surface area contributed by atoms with Gasteiger partial charge in [-0.3, -0.25) is 14.7 Å². The number of pyridine rings is 1. The van der Waals surface area contributed by atoms with Gasteiger partial charge in [0.15, 0.2) is 0 Å². The lowest BCUT2D eigenvalue weighted by Crippen LogP contribution is -2.55. The molecule has 2 aliphatic heterocycles. The number of amides is 1. The highest BCUT2D eigenvalue weighted by atomic mass is 16.3. The summed E-state index contributed by atoms with van der Waals surface area (Å²) in [5, 5.41) is 0. The molecule has 0 aliphatic carbocycles. The van der Waals surface area contributed by atoms with E-state index >= 15 is 0 Å². The molecule has 0 radical (unpaired) electrons. The highest BCUT2D eigenvalue weighted by Gasteiger charge is 2.39. The van der Waals surface area contributed by atoms with Gasteiger partial charge in [-0.25, -0.2) is 0 Å². The minimum atomic E-state index is 0.283. The van der Waals surface area contributed by atoms with Crippen molar-refractivity contribution in [2.75, 3.05) is 13.1 Å². The molecule has 5 nitrogen and oxygen atoms in total. The Balaban J connectivity index is 1.43. The highest BCUT2D eigenvalue weighted by Crippen LogP contribution is 2.32. The number of piperidine rings is 2. The van der Waals surface area contributed by atoms with Crippen LogP contribution in [0.15, 0.2) is 47.4 Å². The predicted molar refractivity (Wildman–Crippen MR) is 89.9 cm³/mol. The third-order valence-corrected chi connectivity index (χ3v) is 5.27. The second-order valence-corrected chi connectivity index (χ2v) is 6.86. The van der Waals surface area contributed by atoms with E-state index in [1.54, 1.807) is 12.5 Å². The number of likely N-dealkylation sites (tertiary alicyclic amines) is 2. The molecule has 4 rings (SSSR count). The molecule has 0 spiro atoms. The molecule has 0 unspecified atom stereocenters. The van der Waals surface area contributed by atoms with Crippen LogP contribution in [0.25, 0.3) is 0 Å². The lowest BCUT2D eigenvalue weighted by molar-refractivity contribution is -0.142. The molecule has 2 aliphatic rings. The Kier molecular flexibility index (Phi) is 4.34. The topological polar surface area (TPSA) is 49.6 Å². The average molecular weight is 325 g/mol. The fraction of sp³-hybridized carbons (Fsp3) is 0.474. The number of rotatable bonds is 4. The molecular formula is C19H23N3O2. The lowest BCUT2D eigenvalue weighted by Gasteiger charge is -2.47. The minimum Gasteiger partial charge on any atom is -0.472 e. The molecule has 1 amide bonds. The summed E-state index contributed by atoms with van der Waals surface area (Å²) in [5.41, 5.74) is 2.21. The molecule has 2 atom stereocenters. The van der Waals surface area contributed by atoms with E-state index < -0.39 is 0 Å². The number of nitrogens with zero attached hydrogens (tertiary/aromatic N) is 3. The summed E-state index contributed by atoms with van der Waals surface area (Å²) in [6.07, 6.45) is 8.06. The van der Waals surface area contributed by atoms with Crippen molar-refractivity contribution in [1.29, 1.82) is 0 Å². The second kappa shape index (κ2) is 6.77. The van der Waals surface area contributed by atoms with Crippen LogP contribution in [0.4, 0.5) is 0 Å². The number of aromatic nitrogens is 1. The molecule has 2 saturated heterocycles. The van der Waals surface area contributed by atoms with Gasteiger partial charge in [-0.1, -0.05) is 6.07 Å². The fourth-order valence-corrected chi connectivity index (χ4v) is 4.08. The smallest absolute Gasteiger partial charge is 0.223 e. The fourth-order valence-electron chi connectivity index (χ4n) is 4.08. The molecule has 5 heteroatoms. The van der Waals surface area contributed by atoms with E-state index in [1.807, 2.05) is 30.5 Å². The van der Waals surface area contributed by atoms with E-state index in [0.717, 1.165) is 38.2 Å². The van der Waals surface area contributed by atoms with Crippen LogP contribution in [-0.4, -0.2) is 39.8 Å². The van der Waals surface area contributed by atoms with Gasteiger partial charge in [0.25, 0.3) is 0 Å². The first-order valence-corrected chi connectivity index (χ1v) is 8.72. The van der Waals surface area contributed by atoms with Gasteiger partial charge in [-0.2, -0.15) is 0 Å². The summed E-state index contributed by atoms with van der Waals surface area (Å²) in [4.78, 5) is 21.4. The van der Waals surface area contributed by atoms with Crippen LogP contribution in [0.2, 0.25) is 0 Å². The zero-order valence-corrected chi connectivity index (χ0v) is 13.8. The van der Waals surface area contributed by atoms with E-state index in [-0.39, 0.29) is 5.91 Å². The summed E-state index contributed by atoms with van der Waals surface area (Å²) in [5.74, 6) is 0.845. The van der Waals surface area contributed by atoms with E-state index in [4.69, 9.17) is 4.42 Å². The van der Waals surface area contributed by atoms with E-state index in [9.17, 15) is 4.79 Å². The number of hydrogen-bond acceptors (Lipinski definition) is 4. The molecule has 0 aromatic carbocycles. The van der Waals surface area contributed by atoms with Crippen LogP contribution in [0.5, 0.6) is 0 Å². The molecule has 0 bridgehead atoms. The van der Waals surface area contributed by atoms with Crippen LogP contribution < -0.4 is 0 Å². The van der Waals surface area contributed by atoms with Crippen LogP contribution in [-0.2, 0) is 17.9 Å². The molecular weight excluding hydrogens is 302 g/mol. The van der Waals surface area contributed by atoms with Crippen LogP contribution in [0.1, 0.15) is 30.5 Å². The zero-order valence-electron chi connectivity index (χ0n) is 13.8. The maximum Gasteiger partial charge on any atom is 0.223 e. The van der Waals surface area contributed by atoms with Crippen molar-refractivity contribution in [1.82, 2.24) is 14.8 Å². The van der Waals surface area contributed by atoms with Crippen LogP contribution in [0, 0.1) is 5.92 Å². The number of fused-ring (bicyclic) bond motifs is 1. The van der Waals surface area contributed by atoms with Gasteiger partial charge < -0.3 is 9.32 Å². The Morgan fingerprint density at radius 2 is 2.17 bits per heavy atom. The largest absolute Gasteiger partial charge is 0.472 e. The molecule has 4 heterocycles. The van der Waals surface area contributed by atoms with Crippen LogP contribution >= 0.6 is 0 Å². The first kappa shape index (κ1) is 15.4. The van der Waals surface area contributed by atoms with Crippen LogP contribution in [0.3, 0.4) is 0 Å². The van der Waals surface area contributed by atoms with E-state index in [0.29, 0.717) is 24.9 Å². The molecule has 2 fully saturated rings. The Morgan fingerprint density at radius 1 is 1.21 bits per heavy atom.